The monoisotopic (exact) mass is 297 g/mol. The summed E-state index contributed by atoms with van der Waals surface area (Å²) in [6, 6.07) is -0.00495. The Morgan fingerprint density at radius 2 is 2.05 bits per heavy atom. The molecule has 0 aliphatic heterocycles. The molecular weight excluding hydrogens is 274 g/mol. The van der Waals surface area contributed by atoms with Gasteiger partial charge >= 0.3 is 12.0 Å². The molecule has 0 saturated heterocycles. The quantitative estimate of drug-likeness (QED) is 0.783. The van der Waals surface area contributed by atoms with E-state index in [0.29, 0.717) is 25.6 Å². The third kappa shape index (κ3) is 5.41. The number of nitrogens with one attached hydrogen (secondary N) is 1. The Morgan fingerprint density at radius 1 is 1.38 bits per heavy atom. The molecule has 0 bridgehead atoms. The zero-order chi connectivity index (χ0) is 16.0. The van der Waals surface area contributed by atoms with E-state index in [9.17, 15) is 9.59 Å². The molecule has 0 spiro atoms. The molecule has 118 valence electrons. The number of aromatic carboxylic acids is 1. The number of hydrogen-bond acceptors (Lipinski definition) is 4. The fourth-order valence-corrected chi connectivity index (χ4v) is 1.81. The number of amides is 2. The first kappa shape index (κ1) is 16.9. The second-order valence-corrected chi connectivity index (χ2v) is 5.54. The van der Waals surface area contributed by atoms with Gasteiger partial charge in [-0.3, -0.25) is 0 Å². The minimum absolute atomic E-state index is 0.107. The summed E-state index contributed by atoms with van der Waals surface area (Å²) in [6.45, 7) is 9.49. The van der Waals surface area contributed by atoms with Gasteiger partial charge in [0.1, 0.15) is 0 Å². The lowest BCUT2D eigenvalue weighted by molar-refractivity contribution is 0.0690. The minimum Gasteiger partial charge on any atom is -0.476 e. The van der Waals surface area contributed by atoms with Gasteiger partial charge in [0, 0.05) is 19.1 Å². The van der Waals surface area contributed by atoms with E-state index in [1.807, 2.05) is 13.8 Å². The average Bonchev–Trinajstić information content (AvgIpc) is 2.84. The predicted molar refractivity (Wildman–Crippen MR) is 77.1 cm³/mol. The summed E-state index contributed by atoms with van der Waals surface area (Å²) < 4.78 is 1.39. The third-order valence-corrected chi connectivity index (χ3v) is 2.82. The van der Waals surface area contributed by atoms with Crippen LogP contribution in [-0.4, -0.2) is 56.1 Å². The van der Waals surface area contributed by atoms with E-state index in [4.69, 9.17) is 5.11 Å². The summed E-state index contributed by atoms with van der Waals surface area (Å²) in [4.78, 5) is 24.5. The van der Waals surface area contributed by atoms with Crippen molar-refractivity contribution >= 4 is 12.0 Å². The Labute approximate surface area is 124 Å². The van der Waals surface area contributed by atoms with Gasteiger partial charge in [0.15, 0.2) is 5.69 Å². The van der Waals surface area contributed by atoms with Gasteiger partial charge < -0.3 is 15.3 Å². The first-order valence-corrected chi connectivity index (χ1v) is 6.99. The SMILES string of the molecule is CC(C)CN(C(=O)NCCn1cc(C(=O)O)nn1)C(C)C. The lowest BCUT2D eigenvalue weighted by atomic mass is 10.2. The molecule has 21 heavy (non-hydrogen) atoms. The maximum absolute atomic E-state index is 12.1. The molecule has 1 rings (SSSR count). The second kappa shape index (κ2) is 7.61. The van der Waals surface area contributed by atoms with Gasteiger partial charge in [-0.15, -0.1) is 5.10 Å². The molecule has 0 aromatic carbocycles. The summed E-state index contributed by atoms with van der Waals surface area (Å²) in [5, 5.41) is 18.7. The van der Waals surface area contributed by atoms with Crippen molar-refractivity contribution in [2.45, 2.75) is 40.3 Å². The number of carbonyl (C=O) groups is 2. The molecule has 0 fully saturated rings. The maximum atomic E-state index is 12.1. The smallest absolute Gasteiger partial charge is 0.358 e. The van der Waals surface area contributed by atoms with Crippen molar-refractivity contribution in [1.29, 1.82) is 0 Å². The molecule has 0 saturated carbocycles. The normalized spacial score (nSPS) is 11.0. The Balaban J connectivity index is 2.45. The molecule has 0 atom stereocenters. The average molecular weight is 297 g/mol. The van der Waals surface area contributed by atoms with Crippen molar-refractivity contribution < 1.29 is 14.7 Å². The number of carbonyl (C=O) groups excluding carboxylic acids is 1. The molecule has 1 heterocycles. The minimum atomic E-state index is -1.12. The summed E-state index contributed by atoms with van der Waals surface area (Å²) in [5.41, 5.74) is -0.107. The van der Waals surface area contributed by atoms with Crippen LogP contribution in [0.15, 0.2) is 6.20 Å². The highest BCUT2D eigenvalue weighted by atomic mass is 16.4. The molecule has 8 heteroatoms. The maximum Gasteiger partial charge on any atom is 0.358 e. The highest BCUT2D eigenvalue weighted by Crippen LogP contribution is 2.04. The van der Waals surface area contributed by atoms with Crippen LogP contribution in [0.4, 0.5) is 4.79 Å². The van der Waals surface area contributed by atoms with Gasteiger partial charge in [-0.2, -0.15) is 0 Å². The second-order valence-electron chi connectivity index (χ2n) is 5.54. The van der Waals surface area contributed by atoms with E-state index in [1.54, 1.807) is 4.90 Å². The zero-order valence-corrected chi connectivity index (χ0v) is 12.9. The highest BCUT2D eigenvalue weighted by Gasteiger charge is 2.17. The molecule has 8 nitrogen and oxygen atoms in total. The van der Waals surface area contributed by atoms with Gasteiger partial charge in [0.25, 0.3) is 0 Å². The molecule has 0 aliphatic rings. The predicted octanol–water partition coefficient (Wildman–Crippen LogP) is 1.05. The topological polar surface area (TPSA) is 100 Å². The van der Waals surface area contributed by atoms with Crippen molar-refractivity contribution in [3.8, 4) is 0 Å². The summed E-state index contributed by atoms with van der Waals surface area (Å²) in [6.07, 6.45) is 1.34. The molecule has 0 aliphatic carbocycles. The molecule has 0 radical (unpaired) electrons. The zero-order valence-electron chi connectivity index (χ0n) is 12.9. The molecule has 2 N–H and O–H groups in total. The van der Waals surface area contributed by atoms with Crippen LogP contribution >= 0.6 is 0 Å². The molecule has 2 amide bonds. The highest BCUT2D eigenvalue weighted by molar-refractivity contribution is 5.84. The van der Waals surface area contributed by atoms with Gasteiger partial charge in [0.05, 0.1) is 12.7 Å². The van der Waals surface area contributed by atoms with Gasteiger partial charge in [0.2, 0.25) is 0 Å². The van der Waals surface area contributed by atoms with Crippen LogP contribution < -0.4 is 5.32 Å². The van der Waals surface area contributed by atoms with Crippen LogP contribution in [0.2, 0.25) is 0 Å². The lowest BCUT2D eigenvalue weighted by Crippen LogP contribution is -2.46. The first-order chi connectivity index (χ1) is 9.81. The van der Waals surface area contributed by atoms with Crippen LogP contribution in [0, 0.1) is 5.92 Å². The van der Waals surface area contributed by atoms with Crippen molar-refractivity contribution in [1.82, 2.24) is 25.2 Å². The summed E-state index contributed by atoms with van der Waals surface area (Å²) in [7, 11) is 0. The Morgan fingerprint density at radius 3 is 2.52 bits per heavy atom. The van der Waals surface area contributed by atoms with Gasteiger partial charge in [-0.1, -0.05) is 19.1 Å². The number of urea groups is 1. The third-order valence-electron chi connectivity index (χ3n) is 2.82. The van der Waals surface area contributed by atoms with E-state index >= 15 is 0 Å². The molecule has 1 aromatic rings. The van der Waals surface area contributed by atoms with Crippen molar-refractivity contribution in [2.24, 2.45) is 5.92 Å². The number of aromatic nitrogens is 3. The van der Waals surface area contributed by atoms with Crippen LogP contribution in [0.25, 0.3) is 0 Å². The number of rotatable bonds is 7. The van der Waals surface area contributed by atoms with Gasteiger partial charge in [-0.05, 0) is 19.8 Å². The van der Waals surface area contributed by atoms with Crippen LogP contribution in [0.5, 0.6) is 0 Å². The Bertz CT molecular complexity index is 484. The van der Waals surface area contributed by atoms with E-state index in [1.165, 1.54) is 10.9 Å². The van der Waals surface area contributed by atoms with E-state index in [2.05, 4.69) is 29.5 Å². The van der Waals surface area contributed by atoms with Crippen LogP contribution in [-0.2, 0) is 6.54 Å². The van der Waals surface area contributed by atoms with Crippen molar-refractivity contribution in [2.75, 3.05) is 13.1 Å². The van der Waals surface area contributed by atoms with E-state index < -0.39 is 5.97 Å². The first-order valence-electron chi connectivity index (χ1n) is 6.99. The van der Waals surface area contributed by atoms with Gasteiger partial charge in [-0.25, -0.2) is 14.3 Å². The van der Waals surface area contributed by atoms with Crippen LogP contribution in [0.3, 0.4) is 0 Å². The lowest BCUT2D eigenvalue weighted by Gasteiger charge is -2.28. The van der Waals surface area contributed by atoms with E-state index in [-0.39, 0.29) is 17.8 Å². The van der Waals surface area contributed by atoms with Crippen LogP contribution in [0.1, 0.15) is 38.2 Å². The fourth-order valence-electron chi connectivity index (χ4n) is 1.81. The Kier molecular flexibility index (Phi) is 6.13. The van der Waals surface area contributed by atoms with E-state index in [0.717, 1.165) is 0 Å². The number of carboxylic acids is 1. The fraction of sp³-hybridized carbons (Fsp3) is 0.692. The number of carboxylic acid groups (broad SMARTS) is 1. The largest absolute Gasteiger partial charge is 0.476 e. The number of nitrogens with zero attached hydrogens (tertiary/aromatic N) is 4. The molecular formula is C13H23N5O3. The number of hydrogen-bond donors (Lipinski definition) is 2. The van der Waals surface area contributed by atoms with Crippen molar-refractivity contribution in [3.63, 3.8) is 0 Å². The summed E-state index contributed by atoms with van der Waals surface area (Å²) >= 11 is 0. The van der Waals surface area contributed by atoms with Crippen molar-refractivity contribution in [3.05, 3.63) is 11.9 Å². The standard InChI is InChI=1S/C13H23N5O3/c1-9(2)7-18(10(3)4)13(21)14-5-6-17-8-11(12(19)20)15-16-17/h8-10H,5-7H2,1-4H3,(H,14,21)(H,19,20). The molecule has 0 unspecified atom stereocenters. The summed E-state index contributed by atoms with van der Waals surface area (Å²) in [5.74, 6) is -0.722. The Hall–Kier alpha value is -2.12. The molecule has 1 aromatic heterocycles.